The van der Waals surface area contributed by atoms with Gasteiger partial charge in [-0.1, -0.05) is 32.0 Å². The average Bonchev–Trinajstić information content (AvgIpc) is 2.92. The Kier molecular flexibility index (Phi) is 5.57. The monoisotopic (exact) mass is 390 g/mol. The lowest BCUT2D eigenvalue weighted by Gasteiger charge is -2.18. The lowest BCUT2D eigenvalue weighted by molar-refractivity contribution is 0.303. The van der Waals surface area contributed by atoms with Crippen molar-refractivity contribution in [2.45, 2.75) is 20.3 Å². The van der Waals surface area contributed by atoms with Crippen LogP contribution in [0.1, 0.15) is 20.3 Å². The van der Waals surface area contributed by atoms with Crippen LogP contribution in [0, 0.1) is 0 Å². The Balaban J connectivity index is 1.75. The minimum atomic E-state index is 1.00. The van der Waals surface area contributed by atoms with Crippen LogP contribution in [0.25, 0.3) is 20.2 Å². The number of nitrogens with one attached hydrogen (secondary N) is 1. The van der Waals surface area contributed by atoms with E-state index in [9.17, 15) is 0 Å². The first-order valence-corrected chi connectivity index (χ1v) is 9.91. The minimum Gasteiger partial charge on any atom is -0.384 e. The number of benzene rings is 2. The zero-order valence-corrected chi connectivity index (χ0v) is 16.1. The number of anilines is 1. The summed E-state index contributed by atoms with van der Waals surface area (Å²) in [6.45, 7) is 8.87. The molecule has 122 valence electrons. The van der Waals surface area contributed by atoms with Gasteiger partial charge >= 0.3 is 0 Å². The molecule has 0 saturated heterocycles. The lowest BCUT2D eigenvalue weighted by atomic mass is 10.1. The van der Waals surface area contributed by atoms with Crippen LogP contribution in [0.4, 0.5) is 5.69 Å². The van der Waals surface area contributed by atoms with Crippen molar-refractivity contribution in [3.63, 3.8) is 0 Å². The van der Waals surface area contributed by atoms with E-state index in [0.717, 1.165) is 37.1 Å². The van der Waals surface area contributed by atoms with Crippen LogP contribution in [-0.4, -0.2) is 31.1 Å². The van der Waals surface area contributed by atoms with Gasteiger partial charge in [-0.15, -0.1) is 11.3 Å². The van der Waals surface area contributed by atoms with Gasteiger partial charge in [-0.2, -0.15) is 0 Å². The maximum absolute atomic E-state index is 3.72. The number of thiophene rings is 1. The molecule has 1 N–H and O–H groups in total. The molecule has 0 spiro atoms. The summed E-state index contributed by atoms with van der Waals surface area (Å²) in [6.07, 6.45) is 1.16. The number of hydrogen-bond donors (Lipinski definition) is 1. The summed E-state index contributed by atoms with van der Waals surface area (Å²) in [5.74, 6) is 0. The van der Waals surface area contributed by atoms with Gasteiger partial charge in [0.1, 0.15) is 0 Å². The van der Waals surface area contributed by atoms with Crippen molar-refractivity contribution in [1.29, 1.82) is 0 Å². The van der Waals surface area contributed by atoms with Gasteiger partial charge in [0.05, 0.1) is 0 Å². The van der Waals surface area contributed by atoms with Gasteiger partial charge in [0, 0.05) is 36.9 Å². The van der Waals surface area contributed by atoms with Gasteiger partial charge in [-0.3, -0.25) is 0 Å². The van der Waals surface area contributed by atoms with E-state index in [0.29, 0.717) is 0 Å². The summed E-state index contributed by atoms with van der Waals surface area (Å²) < 4.78 is 3.85. The lowest BCUT2D eigenvalue weighted by Crippen LogP contribution is -2.25. The molecule has 0 fully saturated rings. The Labute approximate surface area is 150 Å². The highest BCUT2D eigenvalue weighted by atomic mass is 79.9. The summed E-state index contributed by atoms with van der Waals surface area (Å²) in [5, 5.41) is 6.29. The topological polar surface area (TPSA) is 15.3 Å². The van der Waals surface area contributed by atoms with E-state index in [2.05, 4.69) is 76.4 Å². The standard InChI is InChI=1S/C19H23BrN2S/c1-3-22(4-2)11-7-10-21-17-12-15-14-8-5-6-9-18(14)23-19(15)13-16(17)20/h5-6,8-9,12-13,21H,3-4,7,10-11H2,1-2H3. The first-order valence-electron chi connectivity index (χ1n) is 8.30. The van der Waals surface area contributed by atoms with Crippen molar-refractivity contribution in [2.24, 2.45) is 0 Å². The number of rotatable bonds is 7. The van der Waals surface area contributed by atoms with Crippen molar-refractivity contribution < 1.29 is 0 Å². The van der Waals surface area contributed by atoms with Crippen LogP contribution in [0.15, 0.2) is 40.9 Å². The summed E-state index contributed by atoms with van der Waals surface area (Å²) in [5.41, 5.74) is 1.20. The predicted octanol–water partition coefficient (Wildman–Crippen LogP) is 5.96. The van der Waals surface area contributed by atoms with Crippen molar-refractivity contribution in [3.8, 4) is 0 Å². The summed E-state index contributed by atoms with van der Waals surface area (Å²) in [4.78, 5) is 2.46. The molecule has 4 heteroatoms. The van der Waals surface area contributed by atoms with Crippen LogP contribution in [0.3, 0.4) is 0 Å². The summed E-state index contributed by atoms with van der Waals surface area (Å²) >= 11 is 5.58. The molecule has 23 heavy (non-hydrogen) atoms. The summed E-state index contributed by atoms with van der Waals surface area (Å²) in [6, 6.07) is 13.2. The van der Waals surface area contributed by atoms with Crippen molar-refractivity contribution in [2.75, 3.05) is 31.5 Å². The first-order chi connectivity index (χ1) is 11.2. The fourth-order valence-electron chi connectivity index (χ4n) is 2.95. The number of fused-ring (bicyclic) bond motifs is 3. The van der Waals surface area contributed by atoms with E-state index in [-0.39, 0.29) is 0 Å². The predicted molar refractivity (Wildman–Crippen MR) is 108 cm³/mol. The van der Waals surface area contributed by atoms with E-state index in [1.165, 1.54) is 25.9 Å². The van der Waals surface area contributed by atoms with Gasteiger partial charge < -0.3 is 10.2 Å². The molecule has 2 nitrogen and oxygen atoms in total. The molecule has 0 aliphatic rings. The second-order valence-electron chi connectivity index (χ2n) is 5.73. The fourth-order valence-corrected chi connectivity index (χ4v) is 4.71. The van der Waals surface area contributed by atoms with Crippen molar-refractivity contribution in [1.82, 2.24) is 4.90 Å². The molecule has 0 aliphatic heterocycles. The van der Waals surface area contributed by atoms with Crippen LogP contribution in [-0.2, 0) is 0 Å². The number of halogens is 1. The van der Waals surface area contributed by atoms with Crippen LogP contribution < -0.4 is 5.32 Å². The Morgan fingerprint density at radius 2 is 1.83 bits per heavy atom. The van der Waals surface area contributed by atoms with Crippen molar-refractivity contribution >= 4 is 53.1 Å². The molecule has 0 unspecified atom stereocenters. The second kappa shape index (κ2) is 7.65. The Bertz CT molecular complexity index is 793. The first kappa shape index (κ1) is 16.7. The van der Waals surface area contributed by atoms with Gasteiger partial charge in [-0.25, -0.2) is 0 Å². The fraction of sp³-hybridized carbons (Fsp3) is 0.368. The van der Waals surface area contributed by atoms with E-state index < -0.39 is 0 Å². The molecule has 1 aromatic heterocycles. The van der Waals surface area contributed by atoms with Crippen molar-refractivity contribution in [3.05, 3.63) is 40.9 Å². The van der Waals surface area contributed by atoms with Gasteiger partial charge in [0.2, 0.25) is 0 Å². The average molecular weight is 391 g/mol. The van der Waals surface area contributed by atoms with Crippen LogP contribution >= 0.6 is 27.3 Å². The minimum absolute atomic E-state index is 1.00. The largest absolute Gasteiger partial charge is 0.384 e. The molecule has 1 heterocycles. The molecule has 0 saturated carbocycles. The van der Waals surface area contributed by atoms with E-state index in [1.54, 1.807) is 0 Å². The molecule has 3 rings (SSSR count). The third-order valence-corrected chi connectivity index (χ3v) is 6.12. The molecular weight excluding hydrogens is 368 g/mol. The highest BCUT2D eigenvalue weighted by Crippen LogP contribution is 2.38. The van der Waals surface area contributed by atoms with Gasteiger partial charge in [-0.05, 0) is 60.2 Å². The Morgan fingerprint density at radius 1 is 1.04 bits per heavy atom. The number of nitrogens with zero attached hydrogens (tertiary/aromatic N) is 1. The normalized spacial score (nSPS) is 11.7. The maximum Gasteiger partial charge on any atom is 0.0491 e. The molecule has 2 aromatic carbocycles. The smallest absolute Gasteiger partial charge is 0.0491 e. The summed E-state index contributed by atoms with van der Waals surface area (Å²) in [7, 11) is 0. The molecule has 0 atom stereocenters. The van der Waals surface area contributed by atoms with E-state index in [1.807, 2.05) is 11.3 Å². The molecule has 0 aliphatic carbocycles. The van der Waals surface area contributed by atoms with Crippen LogP contribution in [0.5, 0.6) is 0 Å². The Morgan fingerprint density at radius 3 is 2.61 bits per heavy atom. The molecule has 0 amide bonds. The maximum atomic E-state index is 3.72. The molecule has 3 aromatic rings. The van der Waals surface area contributed by atoms with E-state index >= 15 is 0 Å². The molecular formula is C19H23BrN2S. The third kappa shape index (κ3) is 3.70. The van der Waals surface area contributed by atoms with Crippen LogP contribution in [0.2, 0.25) is 0 Å². The number of hydrogen-bond acceptors (Lipinski definition) is 3. The SMILES string of the molecule is CCN(CC)CCCNc1cc2c(cc1Br)sc1ccccc12. The third-order valence-electron chi connectivity index (χ3n) is 4.33. The second-order valence-corrected chi connectivity index (χ2v) is 7.67. The zero-order chi connectivity index (χ0) is 16.2. The van der Waals surface area contributed by atoms with E-state index in [4.69, 9.17) is 0 Å². The quantitative estimate of drug-likeness (QED) is 0.500. The molecule has 0 bridgehead atoms. The zero-order valence-electron chi connectivity index (χ0n) is 13.7. The Hall–Kier alpha value is -1.10. The highest BCUT2D eigenvalue weighted by Gasteiger charge is 2.08. The molecule has 0 radical (unpaired) electrons. The highest BCUT2D eigenvalue weighted by molar-refractivity contribution is 9.10. The van der Waals surface area contributed by atoms with Gasteiger partial charge in [0.15, 0.2) is 0 Å². The van der Waals surface area contributed by atoms with Gasteiger partial charge in [0.25, 0.3) is 0 Å².